The second-order valence-electron chi connectivity index (χ2n) is 5.85. The number of carbonyl (C=O) groups excluding carboxylic acids is 2. The van der Waals surface area contributed by atoms with E-state index in [1.165, 1.54) is 11.3 Å². The normalized spacial score (nSPS) is 10.7. The van der Waals surface area contributed by atoms with Gasteiger partial charge in [0.05, 0.1) is 0 Å². The van der Waals surface area contributed by atoms with Crippen LogP contribution in [0.5, 0.6) is 0 Å². The number of aryl methyl sites for hydroxylation is 2. The van der Waals surface area contributed by atoms with Gasteiger partial charge in [0.2, 0.25) is 10.9 Å². The molecule has 2 rings (SSSR count). The smallest absolute Gasteiger partial charge is 0.286 e. The standard InChI is InChI=1S/C17H22N4O2S/c1-11(2)18-14(22)9-6-10-15-20-21-17(24-15)16(23)19-13-8-5-4-7-12(13)3/h4-5,7-8,11H,6,9-10H2,1-3H3,(H,18,22)(H,19,23). The van der Waals surface area contributed by atoms with Gasteiger partial charge in [-0.05, 0) is 38.8 Å². The highest BCUT2D eigenvalue weighted by molar-refractivity contribution is 7.13. The second-order valence-corrected chi connectivity index (χ2v) is 6.91. The van der Waals surface area contributed by atoms with E-state index in [0.717, 1.165) is 16.3 Å². The number of anilines is 1. The molecule has 0 radical (unpaired) electrons. The molecule has 1 heterocycles. The number of rotatable bonds is 7. The van der Waals surface area contributed by atoms with Crippen LogP contribution >= 0.6 is 11.3 Å². The maximum Gasteiger partial charge on any atom is 0.286 e. The van der Waals surface area contributed by atoms with E-state index < -0.39 is 0 Å². The van der Waals surface area contributed by atoms with Crippen LogP contribution in [0.15, 0.2) is 24.3 Å². The Balaban J connectivity index is 1.85. The fourth-order valence-electron chi connectivity index (χ4n) is 2.13. The van der Waals surface area contributed by atoms with E-state index in [0.29, 0.717) is 24.3 Å². The minimum Gasteiger partial charge on any atom is -0.354 e. The summed E-state index contributed by atoms with van der Waals surface area (Å²) < 4.78 is 0. The van der Waals surface area contributed by atoms with Crippen LogP contribution in [0, 0.1) is 6.92 Å². The van der Waals surface area contributed by atoms with E-state index in [4.69, 9.17) is 0 Å². The number of nitrogens with one attached hydrogen (secondary N) is 2. The molecule has 0 saturated heterocycles. The molecule has 0 aliphatic carbocycles. The minimum atomic E-state index is -0.259. The summed E-state index contributed by atoms with van der Waals surface area (Å²) in [4.78, 5) is 23.8. The molecular formula is C17H22N4O2S. The number of hydrogen-bond donors (Lipinski definition) is 2. The molecule has 0 spiro atoms. The second kappa shape index (κ2) is 8.54. The molecule has 2 aromatic rings. The summed E-state index contributed by atoms with van der Waals surface area (Å²) in [5.74, 6) is -0.224. The van der Waals surface area contributed by atoms with Gasteiger partial charge in [0.25, 0.3) is 5.91 Å². The lowest BCUT2D eigenvalue weighted by molar-refractivity contribution is -0.121. The van der Waals surface area contributed by atoms with Crippen LogP contribution < -0.4 is 10.6 Å². The maximum absolute atomic E-state index is 12.2. The van der Waals surface area contributed by atoms with Crippen LogP contribution in [0.25, 0.3) is 0 Å². The lowest BCUT2D eigenvalue weighted by atomic mass is 10.2. The molecule has 0 unspecified atom stereocenters. The summed E-state index contributed by atoms with van der Waals surface area (Å²) in [5, 5.41) is 14.8. The number of amides is 2. The molecule has 0 bridgehead atoms. The van der Waals surface area contributed by atoms with Gasteiger partial charge in [-0.3, -0.25) is 9.59 Å². The average molecular weight is 346 g/mol. The van der Waals surface area contributed by atoms with Crippen molar-refractivity contribution in [1.82, 2.24) is 15.5 Å². The van der Waals surface area contributed by atoms with E-state index in [1.807, 2.05) is 45.0 Å². The van der Waals surface area contributed by atoms with Crippen molar-refractivity contribution in [1.29, 1.82) is 0 Å². The Morgan fingerprint density at radius 1 is 1.21 bits per heavy atom. The molecule has 2 N–H and O–H groups in total. The Kier molecular flexibility index (Phi) is 6.43. The number of para-hydroxylation sites is 1. The van der Waals surface area contributed by atoms with E-state index in [-0.39, 0.29) is 17.9 Å². The van der Waals surface area contributed by atoms with E-state index >= 15 is 0 Å². The highest BCUT2D eigenvalue weighted by Gasteiger charge is 2.14. The summed E-state index contributed by atoms with van der Waals surface area (Å²) in [7, 11) is 0. The Hall–Kier alpha value is -2.28. The summed E-state index contributed by atoms with van der Waals surface area (Å²) in [6, 6.07) is 7.72. The van der Waals surface area contributed by atoms with E-state index in [1.54, 1.807) is 0 Å². The lowest BCUT2D eigenvalue weighted by Gasteiger charge is -2.07. The first-order valence-electron chi connectivity index (χ1n) is 7.94. The molecule has 1 aromatic heterocycles. The van der Waals surface area contributed by atoms with Crippen molar-refractivity contribution in [3.05, 3.63) is 39.8 Å². The Labute approximate surface area is 145 Å². The van der Waals surface area contributed by atoms with Gasteiger partial charge < -0.3 is 10.6 Å². The maximum atomic E-state index is 12.2. The van der Waals surface area contributed by atoms with Gasteiger partial charge in [0.15, 0.2) is 0 Å². The highest BCUT2D eigenvalue weighted by atomic mass is 32.1. The molecule has 6 nitrogen and oxygen atoms in total. The topological polar surface area (TPSA) is 84.0 Å². The first-order chi connectivity index (χ1) is 11.5. The van der Waals surface area contributed by atoms with Crippen molar-refractivity contribution in [2.24, 2.45) is 0 Å². The quantitative estimate of drug-likeness (QED) is 0.807. The Morgan fingerprint density at radius 3 is 2.67 bits per heavy atom. The molecule has 0 fully saturated rings. The van der Waals surface area contributed by atoms with E-state index in [9.17, 15) is 9.59 Å². The molecular weight excluding hydrogens is 324 g/mol. The van der Waals surface area contributed by atoms with Crippen molar-refractivity contribution in [2.75, 3.05) is 5.32 Å². The summed E-state index contributed by atoms with van der Waals surface area (Å²) >= 11 is 1.27. The largest absolute Gasteiger partial charge is 0.354 e. The number of hydrogen-bond acceptors (Lipinski definition) is 5. The average Bonchev–Trinajstić information content (AvgIpc) is 2.98. The number of carbonyl (C=O) groups is 2. The first kappa shape index (κ1) is 18.1. The fourth-order valence-corrected chi connectivity index (χ4v) is 2.91. The number of benzene rings is 1. The van der Waals surface area contributed by atoms with Gasteiger partial charge in [-0.15, -0.1) is 10.2 Å². The molecule has 0 atom stereocenters. The zero-order valence-corrected chi connectivity index (χ0v) is 14.9. The number of nitrogens with zero attached hydrogens (tertiary/aromatic N) is 2. The van der Waals surface area contributed by atoms with Gasteiger partial charge >= 0.3 is 0 Å². The van der Waals surface area contributed by atoms with Gasteiger partial charge in [-0.1, -0.05) is 29.5 Å². The van der Waals surface area contributed by atoms with Crippen molar-refractivity contribution in [3.8, 4) is 0 Å². The Bertz CT molecular complexity index is 712. The van der Waals surface area contributed by atoms with Gasteiger partial charge in [0.1, 0.15) is 5.01 Å². The third-order valence-electron chi connectivity index (χ3n) is 3.30. The van der Waals surface area contributed by atoms with Crippen molar-refractivity contribution < 1.29 is 9.59 Å². The predicted molar refractivity (Wildman–Crippen MR) is 95.3 cm³/mol. The first-order valence-corrected chi connectivity index (χ1v) is 8.76. The summed E-state index contributed by atoms with van der Waals surface area (Å²) in [6.07, 6.45) is 1.77. The van der Waals surface area contributed by atoms with Gasteiger partial charge in [0, 0.05) is 24.6 Å². The van der Waals surface area contributed by atoms with Crippen molar-refractivity contribution in [2.45, 2.75) is 46.1 Å². The highest BCUT2D eigenvalue weighted by Crippen LogP contribution is 2.17. The van der Waals surface area contributed by atoms with Gasteiger partial charge in [-0.25, -0.2) is 0 Å². The third kappa shape index (κ3) is 5.42. The third-order valence-corrected chi connectivity index (χ3v) is 4.28. The van der Waals surface area contributed by atoms with Crippen LogP contribution in [-0.2, 0) is 11.2 Å². The van der Waals surface area contributed by atoms with Crippen LogP contribution in [0.3, 0.4) is 0 Å². The van der Waals surface area contributed by atoms with Gasteiger partial charge in [-0.2, -0.15) is 0 Å². The zero-order valence-electron chi connectivity index (χ0n) is 14.1. The molecule has 7 heteroatoms. The monoisotopic (exact) mass is 346 g/mol. The molecule has 0 saturated carbocycles. The molecule has 128 valence electrons. The molecule has 0 aliphatic rings. The lowest BCUT2D eigenvalue weighted by Crippen LogP contribution is -2.29. The molecule has 24 heavy (non-hydrogen) atoms. The SMILES string of the molecule is Cc1ccccc1NC(=O)c1nnc(CCCC(=O)NC(C)C)s1. The van der Waals surface area contributed by atoms with Crippen LogP contribution in [-0.4, -0.2) is 28.1 Å². The van der Waals surface area contributed by atoms with Crippen molar-refractivity contribution >= 4 is 28.8 Å². The number of aromatic nitrogens is 2. The Morgan fingerprint density at radius 2 is 1.96 bits per heavy atom. The minimum absolute atomic E-state index is 0.0343. The molecule has 0 aliphatic heterocycles. The summed E-state index contributed by atoms with van der Waals surface area (Å²) in [6.45, 7) is 5.80. The predicted octanol–water partition coefficient (Wildman–Crippen LogP) is 2.95. The zero-order chi connectivity index (χ0) is 17.5. The van der Waals surface area contributed by atoms with Crippen LogP contribution in [0.1, 0.15) is 47.1 Å². The molecule has 1 aromatic carbocycles. The van der Waals surface area contributed by atoms with Crippen molar-refractivity contribution in [3.63, 3.8) is 0 Å². The molecule has 2 amide bonds. The van der Waals surface area contributed by atoms with Crippen LogP contribution in [0.4, 0.5) is 5.69 Å². The van der Waals surface area contributed by atoms with Crippen LogP contribution in [0.2, 0.25) is 0 Å². The van der Waals surface area contributed by atoms with E-state index in [2.05, 4.69) is 20.8 Å². The fraction of sp³-hybridized carbons (Fsp3) is 0.412. The summed E-state index contributed by atoms with van der Waals surface area (Å²) in [5.41, 5.74) is 1.76.